The summed E-state index contributed by atoms with van der Waals surface area (Å²) in [6.45, 7) is 3.79. The van der Waals surface area contributed by atoms with E-state index in [9.17, 15) is 0 Å². The van der Waals surface area contributed by atoms with Gasteiger partial charge < -0.3 is 10.2 Å². The Morgan fingerprint density at radius 1 is 1.33 bits per heavy atom. The summed E-state index contributed by atoms with van der Waals surface area (Å²) < 4.78 is 0. The van der Waals surface area contributed by atoms with E-state index in [1.54, 1.807) is 0 Å². The molecule has 1 aliphatic carbocycles. The van der Waals surface area contributed by atoms with Crippen LogP contribution in [0.1, 0.15) is 25.7 Å². The molecule has 1 saturated carbocycles. The normalized spacial score (nSPS) is 31.2. The molecule has 1 atom stereocenters. The molecule has 0 bridgehead atoms. The smallest absolute Gasteiger partial charge is 0.0207 e. The fourth-order valence-electron chi connectivity index (χ4n) is 2.00. The average molecular weight is 168 g/mol. The van der Waals surface area contributed by atoms with Crippen LogP contribution < -0.4 is 5.32 Å². The number of hydrogen-bond acceptors (Lipinski definition) is 2. The van der Waals surface area contributed by atoms with E-state index in [1.165, 1.54) is 45.3 Å². The third kappa shape index (κ3) is 2.46. The monoisotopic (exact) mass is 168 g/mol. The van der Waals surface area contributed by atoms with Crippen molar-refractivity contribution < 1.29 is 0 Å². The summed E-state index contributed by atoms with van der Waals surface area (Å²) in [5.74, 6) is 1.08. The van der Waals surface area contributed by atoms with Crippen LogP contribution in [0.2, 0.25) is 0 Å². The van der Waals surface area contributed by atoms with Crippen LogP contribution in [-0.2, 0) is 0 Å². The fraction of sp³-hybridized carbons (Fsp3) is 1.00. The Morgan fingerprint density at radius 3 is 2.75 bits per heavy atom. The van der Waals surface area contributed by atoms with Gasteiger partial charge in [-0.05, 0) is 38.9 Å². The molecule has 0 aromatic rings. The van der Waals surface area contributed by atoms with Gasteiger partial charge in [-0.15, -0.1) is 0 Å². The minimum Gasteiger partial charge on any atom is -0.313 e. The minimum absolute atomic E-state index is 0.786. The van der Waals surface area contributed by atoms with Gasteiger partial charge >= 0.3 is 0 Å². The van der Waals surface area contributed by atoms with Gasteiger partial charge in [0.05, 0.1) is 0 Å². The third-order valence-corrected chi connectivity index (χ3v) is 3.07. The van der Waals surface area contributed by atoms with Gasteiger partial charge in [0.15, 0.2) is 0 Å². The Balaban J connectivity index is 1.54. The Hall–Kier alpha value is -0.0800. The summed E-state index contributed by atoms with van der Waals surface area (Å²) in [6, 6.07) is 0.786. The Labute approximate surface area is 75.3 Å². The molecule has 2 aliphatic rings. The maximum absolute atomic E-state index is 3.64. The molecule has 0 radical (unpaired) electrons. The topological polar surface area (TPSA) is 15.3 Å². The second-order valence-corrected chi connectivity index (χ2v) is 4.43. The molecule has 12 heavy (non-hydrogen) atoms. The highest BCUT2D eigenvalue weighted by atomic mass is 15.2. The summed E-state index contributed by atoms with van der Waals surface area (Å²) in [7, 11) is 2.21. The zero-order chi connectivity index (χ0) is 8.39. The van der Waals surface area contributed by atoms with Crippen molar-refractivity contribution in [1.82, 2.24) is 10.2 Å². The van der Waals surface area contributed by atoms with Gasteiger partial charge in [-0.3, -0.25) is 0 Å². The molecule has 0 aromatic heterocycles. The maximum Gasteiger partial charge on any atom is 0.0207 e. The zero-order valence-corrected chi connectivity index (χ0v) is 8.05. The Bertz CT molecular complexity index is 143. The van der Waals surface area contributed by atoms with Crippen LogP contribution in [0.5, 0.6) is 0 Å². The van der Waals surface area contributed by atoms with Crippen LogP contribution in [0.25, 0.3) is 0 Å². The third-order valence-electron chi connectivity index (χ3n) is 3.07. The van der Waals surface area contributed by atoms with Crippen molar-refractivity contribution in [3.05, 3.63) is 0 Å². The molecule has 2 rings (SSSR count). The average Bonchev–Trinajstić information content (AvgIpc) is 2.76. The SMILES string of the molecule is CN1CCC(NCCC2CC2)C1. The molecule has 1 aliphatic heterocycles. The second kappa shape index (κ2) is 3.75. The van der Waals surface area contributed by atoms with Gasteiger partial charge in [0.25, 0.3) is 0 Å². The van der Waals surface area contributed by atoms with Gasteiger partial charge in [0.2, 0.25) is 0 Å². The van der Waals surface area contributed by atoms with Crippen LogP contribution in [0, 0.1) is 5.92 Å². The van der Waals surface area contributed by atoms with Crippen LogP contribution >= 0.6 is 0 Å². The molecule has 0 amide bonds. The molecule has 2 heteroatoms. The Kier molecular flexibility index (Phi) is 2.66. The molecule has 0 aromatic carbocycles. The first-order valence-corrected chi connectivity index (χ1v) is 5.26. The quantitative estimate of drug-likeness (QED) is 0.676. The van der Waals surface area contributed by atoms with Gasteiger partial charge in [0.1, 0.15) is 0 Å². The van der Waals surface area contributed by atoms with E-state index >= 15 is 0 Å². The summed E-state index contributed by atoms with van der Waals surface area (Å²) in [4.78, 5) is 2.41. The van der Waals surface area contributed by atoms with Crippen molar-refractivity contribution in [2.45, 2.75) is 31.7 Å². The van der Waals surface area contributed by atoms with Crippen molar-refractivity contribution in [2.24, 2.45) is 5.92 Å². The number of hydrogen-bond donors (Lipinski definition) is 1. The van der Waals surface area contributed by atoms with Crippen LogP contribution in [0.15, 0.2) is 0 Å². The van der Waals surface area contributed by atoms with E-state index in [1.807, 2.05) is 0 Å². The minimum atomic E-state index is 0.786. The van der Waals surface area contributed by atoms with Gasteiger partial charge in [0, 0.05) is 12.6 Å². The molecule has 0 spiro atoms. The van der Waals surface area contributed by atoms with E-state index in [-0.39, 0.29) is 0 Å². The second-order valence-electron chi connectivity index (χ2n) is 4.43. The molecule has 1 heterocycles. The fourth-order valence-corrected chi connectivity index (χ4v) is 2.00. The van der Waals surface area contributed by atoms with E-state index < -0.39 is 0 Å². The highest BCUT2D eigenvalue weighted by Crippen LogP contribution is 2.31. The highest BCUT2D eigenvalue weighted by molar-refractivity contribution is 4.80. The summed E-state index contributed by atoms with van der Waals surface area (Å²) >= 11 is 0. The van der Waals surface area contributed by atoms with Crippen molar-refractivity contribution in [1.29, 1.82) is 0 Å². The molecule has 2 fully saturated rings. The lowest BCUT2D eigenvalue weighted by atomic mass is 10.2. The summed E-state index contributed by atoms with van der Waals surface area (Å²) in [5.41, 5.74) is 0. The largest absolute Gasteiger partial charge is 0.313 e. The lowest BCUT2D eigenvalue weighted by Crippen LogP contribution is -2.32. The predicted octanol–water partition coefficient (Wildman–Crippen LogP) is 1.08. The van der Waals surface area contributed by atoms with Gasteiger partial charge in [-0.2, -0.15) is 0 Å². The van der Waals surface area contributed by atoms with Crippen molar-refractivity contribution in [3.63, 3.8) is 0 Å². The number of nitrogens with zero attached hydrogens (tertiary/aromatic N) is 1. The molecular formula is C10H20N2. The number of rotatable bonds is 4. The van der Waals surface area contributed by atoms with Crippen molar-refractivity contribution in [3.8, 4) is 0 Å². The van der Waals surface area contributed by atoms with Gasteiger partial charge in [-0.25, -0.2) is 0 Å². The number of nitrogens with one attached hydrogen (secondary N) is 1. The van der Waals surface area contributed by atoms with Crippen molar-refractivity contribution in [2.75, 3.05) is 26.7 Å². The first-order valence-electron chi connectivity index (χ1n) is 5.26. The van der Waals surface area contributed by atoms with E-state index in [0.717, 1.165) is 12.0 Å². The summed E-state index contributed by atoms with van der Waals surface area (Å²) in [5, 5.41) is 3.64. The molecule has 1 saturated heterocycles. The predicted molar refractivity (Wildman–Crippen MR) is 51.2 cm³/mol. The van der Waals surface area contributed by atoms with Crippen LogP contribution in [0.3, 0.4) is 0 Å². The number of likely N-dealkylation sites (tertiary alicyclic amines) is 1. The van der Waals surface area contributed by atoms with E-state index in [2.05, 4.69) is 17.3 Å². The first kappa shape index (κ1) is 8.52. The molecule has 1 N–H and O–H groups in total. The first-order chi connectivity index (χ1) is 5.84. The van der Waals surface area contributed by atoms with Crippen LogP contribution in [-0.4, -0.2) is 37.6 Å². The molecule has 1 unspecified atom stereocenters. The standard InChI is InChI=1S/C10H20N2/c1-12-7-5-10(8-12)11-6-4-9-2-3-9/h9-11H,2-8H2,1H3. The highest BCUT2D eigenvalue weighted by Gasteiger charge is 2.22. The zero-order valence-electron chi connectivity index (χ0n) is 8.05. The van der Waals surface area contributed by atoms with Crippen molar-refractivity contribution >= 4 is 0 Å². The molecule has 70 valence electrons. The lowest BCUT2D eigenvalue weighted by molar-refractivity contribution is 0.396. The van der Waals surface area contributed by atoms with Crippen LogP contribution in [0.4, 0.5) is 0 Å². The summed E-state index contributed by atoms with van der Waals surface area (Å²) in [6.07, 6.45) is 5.75. The number of likely N-dealkylation sites (N-methyl/N-ethyl adjacent to an activating group) is 1. The Morgan fingerprint density at radius 2 is 2.17 bits per heavy atom. The van der Waals surface area contributed by atoms with E-state index in [0.29, 0.717) is 0 Å². The molecular weight excluding hydrogens is 148 g/mol. The van der Waals surface area contributed by atoms with E-state index in [4.69, 9.17) is 0 Å². The lowest BCUT2D eigenvalue weighted by Gasteiger charge is -2.11. The van der Waals surface area contributed by atoms with Gasteiger partial charge in [-0.1, -0.05) is 12.8 Å². The maximum atomic E-state index is 3.64. The molecule has 2 nitrogen and oxygen atoms in total.